The number of nitrogens with zero attached hydrogens (tertiary/aromatic N) is 1. The largest absolute Gasteiger partial charge is 0.207 e. The van der Waals surface area contributed by atoms with Gasteiger partial charge in [0.1, 0.15) is 5.82 Å². The highest BCUT2D eigenvalue weighted by Crippen LogP contribution is 2.39. The maximum absolute atomic E-state index is 13.2. The molecule has 0 aliphatic heterocycles. The second kappa shape index (κ2) is 4.76. The fraction of sp³-hybridized carbons (Fsp3) is 0.278. The molecule has 0 unspecified atom stereocenters. The SMILES string of the molecule is Cc1cc(F)ccc1CC1(C#N)Cc2ccccc2C1. The summed E-state index contributed by atoms with van der Waals surface area (Å²) in [5.74, 6) is -0.216. The zero-order valence-corrected chi connectivity index (χ0v) is 11.5. The van der Waals surface area contributed by atoms with E-state index in [0.717, 1.165) is 24.0 Å². The van der Waals surface area contributed by atoms with Gasteiger partial charge in [0.25, 0.3) is 0 Å². The van der Waals surface area contributed by atoms with E-state index in [-0.39, 0.29) is 11.2 Å². The quantitative estimate of drug-likeness (QED) is 0.805. The van der Waals surface area contributed by atoms with Gasteiger partial charge < -0.3 is 0 Å². The molecule has 0 bridgehead atoms. The molecule has 0 N–H and O–H groups in total. The van der Waals surface area contributed by atoms with Crippen LogP contribution in [0.2, 0.25) is 0 Å². The average molecular weight is 265 g/mol. The number of hydrogen-bond acceptors (Lipinski definition) is 1. The van der Waals surface area contributed by atoms with E-state index in [1.807, 2.05) is 25.1 Å². The van der Waals surface area contributed by atoms with E-state index >= 15 is 0 Å². The second-order valence-corrected chi connectivity index (χ2v) is 5.76. The van der Waals surface area contributed by atoms with Crippen LogP contribution < -0.4 is 0 Å². The predicted molar refractivity (Wildman–Crippen MR) is 76.7 cm³/mol. The Morgan fingerprint density at radius 1 is 1.15 bits per heavy atom. The highest BCUT2D eigenvalue weighted by atomic mass is 19.1. The Hall–Kier alpha value is -2.14. The van der Waals surface area contributed by atoms with E-state index < -0.39 is 0 Å². The molecule has 0 saturated carbocycles. The molecule has 1 nitrogen and oxygen atoms in total. The van der Waals surface area contributed by atoms with E-state index in [4.69, 9.17) is 0 Å². The molecule has 0 radical (unpaired) electrons. The number of aryl methyl sites for hydroxylation is 1. The van der Waals surface area contributed by atoms with E-state index in [0.29, 0.717) is 6.42 Å². The lowest BCUT2D eigenvalue weighted by molar-refractivity contribution is 0.417. The summed E-state index contributed by atoms with van der Waals surface area (Å²) < 4.78 is 13.2. The minimum absolute atomic E-state index is 0.216. The van der Waals surface area contributed by atoms with Crippen LogP contribution in [0, 0.1) is 29.5 Å². The molecule has 1 aliphatic carbocycles. The Balaban J connectivity index is 1.92. The van der Waals surface area contributed by atoms with Gasteiger partial charge in [0.15, 0.2) is 0 Å². The summed E-state index contributed by atoms with van der Waals surface area (Å²) in [7, 11) is 0. The van der Waals surface area contributed by atoms with Gasteiger partial charge in [-0.05, 0) is 60.6 Å². The first kappa shape index (κ1) is 12.9. The van der Waals surface area contributed by atoms with Crippen LogP contribution in [-0.4, -0.2) is 0 Å². The lowest BCUT2D eigenvalue weighted by Gasteiger charge is -2.21. The summed E-state index contributed by atoms with van der Waals surface area (Å²) in [5.41, 5.74) is 4.16. The Morgan fingerprint density at radius 3 is 2.35 bits per heavy atom. The van der Waals surface area contributed by atoms with Crippen molar-refractivity contribution in [2.75, 3.05) is 0 Å². The van der Waals surface area contributed by atoms with E-state index in [1.165, 1.54) is 17.2 Å². The van der Waals surface area contributed by atoms with Crippen molar-refractivity contribution in [1.82, 2.24) is 0 Å². The molecular weight excluding hydrogens is 249 g/mol. The van der Waals surface area contributed by atoms with Gasteiger partial charge in [0, 0.05) is 0 Å². The molecule has 20 heavy (non-hydrogen) atoms. The van der Waals surface area contributed by atoms with Crippen molar-refractivity contribution in [2.45, 2.75) is 26.2 Å². The fourth-order valence-electron chi connectivity index (χ4n) is 3.16. The van der Waals surface area contributed by atoms with E-state index in [1.54, 1.807) is 6.07 Å². The third-order valence-electron chi connectivity index (χ3n) is 4.25. The number of fused-ring (bicyclic) bond motifs is 1. The summed E-state index contributed by atoms with van der Waals surface area (Å²) in [4.78, 5) is 0. The maximum atomic E-state index is 13.2. The van der Waals surface area contributed by atoms with E-state index in [2.05, 4.69) is 18.2 Å². The lowest BCUT2D eigenvalue weighted by atomic mass is 9.79. The van der Waals surface area contributed by atoms with Gasteiger partial charge in [-0.1, -0.05) is 30.3 Å². The molecule has 0 fully saturated rings. The Labute approximate surface area is 118 Å². The number of nitriles is 1. The molecule has 2 heteroatoms. The smallest absolute Gasteiger partial charge is 0.123 e. The summed E-state index contributed by atoms with van der Waals surface area (Å²) in [6.07, 6.45) is 2.26. The third kappa shape index (κ3) is 2.20. The number of rotatable bonds is 2. The van der Waals surface area contributed by atoms with Crippen LogP contribution in [0.15, 0.2) is 42.5 Å². The minimum Gasteiger partial charge on any atom is -0.207 e. The zero-order chi connectivity index (χ0) is 14.2. The van der Waals surface area contributed by atoms with Crippen LogP contribution in [0.3, 0.4) is 0 Å². The monoisotopic (exact) mass is 265 g/mol. The van der Waals surface area contributed by atoms with E-state index in [9.17, 15) is 9.65 Å². The molecular formula is C18H16FN. The highest BCUT2D eigenvalue weighted by Gasteiger charge is 2.37. The Bertz CT molecular complexity index is 672. The van der Waals surface area contributed by atoms with Crippen LogP contribution >= 0.6 is 0 Å². The Morgan fingerprint density at radius 2 is 1.80 bits per heavy atom. The second-order valence-electron chi connectivity index (χ2n) is 5.76. The summed E-state index contributed by atoms with van der Waals surface area (Å²) >= 11 is 0. The predicted octanol–water partition coefficient (Wildman–Crippen LogP) is 3.99. The summed E-state index contributed by atoms with van der Waals surface area (Å²) in [6.45, 7) is 1.91. The molecule has 0 heterocycles. The molecule has 2 aromatic carbocycles. The van der Waals surface area contributed by atoms with Gasteiger partial charge in [0.2, 0.25) is 0 Å². The van der Waals surface area contributed by atoms with Crippen molar-refractivity contribution in [2.24, 2.45) is 5.41 Å². The summed E-state index contributed by atoms with van der Waals surface area (Å²) in [5, 5.41) is 9.67. The average Bonchev–Trinajstić information content (AvgIpc) is 2.81. The molecule has 100 valence electrons. The van der Waals surface area contributed by atoms with Gasteiger partial charge in [-0.2, -0.15) is 5.26 Å². The van der Waals surface area contributed by atoms with Crippen LogP contribution in [0.25, 0.3) is 0 Å². The van der Waals surface area contributed by atoms with Crippen LogP contribution in [-0.2, 0) is 19.3 Å². The maximum Gasteiger partial charge on any atom is 0.123 e. The van der Waals surface area contributed by atoms with Gasteiger partial charge in [-0.25, -0.2) is 4.39 Å². The highest BCUT2D eigenvalue weighted by molar-refractivity contribution is 5.39. The van der Waals surface area contributed by atoms with Crippen molar-refractivity contribution in [3.8, 4) is 6.07 Å². The third-order valence-corrected chi connectivity index (χ3v) is 4.25. The van der Waals surface area contributed by atoms with Crippen LogP contribution in [0.5, 0.6) is 0 Å². The zero-order valence-electron chi connectivity index (χ0n) is 11.5. The van der Waals surface area contributed by atoms with Crippen molar-refractivity contribution >= 4 is 0 Å². The fourth-order valence-corrected chi connectivity index (χ4v) is 3.16. The van der Waals surface area contributed by atoms with Crippen molar-refractivity contribution in [1.29, 1.82) is 5.26 Å². The summed E-state index contributed by atoms with van der Waals surface area (Å²) in [6, 6.07) is 15.6. The number of hydrogen-bond donors (Lipinski definition) is 0. The normalized spacial score (nSPS) is 15.7. The first-order valence-electron chi connectivity index (χ1n) is 6.85. The molecule has 2 aromatic rings. The van der Waals surface area contributed by atoms with Gasteiger partial charge in [-0.15, -0.1) is 0 Å². The topological polar surface area (TPSA) is 23.8 Å². The first-order chi connectivity index (χ1) is 9.62. The van der Waals surface area contributed by atoms with Gasteiger partial charge in [0.05, 0.1) is 11.5 Å². The van der Waals surface area contributed by atoms with Crippen molar-refractivity contribution < 1.29 is 4.39 Å². The Kier molecular flexibility index (Phi) is 3.06. The lowest BCUT2D eigenvalue weighted by Crippen LogP contribution is -2.22. The van der Waals surface area contributed by atoms with Crippen molar-refractivity contribution in [3.05, 3.63) is 70.5 Å². The molecule has 0 amide bonds. The first-order valence-corrected chi connectivity index (χ1v) is 6.85. The van der Waals surface area contributed by atoms with Gasteiger partial charge in [-0.3, -0.25) is 0 Å². The molecule has 0 saturated heterocycles. The molecule has 3 rings (SSSR count). The van der Waals surface area contributed by atoms with Crippen molar-refractivity contribution in [3.63, 3.8) is 0 Å². The molecule has 0 spiro atoms. The molecule has 1 aliphatic rings. The molecule has 0 aromatic heterocycles. The van der Waals surface area contributed by atoms with Crippen LogP contribution in [0.4, 0.5) is 4.39 Å². The molecule has 0 atom stereocenters. The van der Waals surface area contributed by atoms with Gasteiger partial charge >= 0.3 is 0 Å². The number of halogens is 1. The van der Waals surface area contributed by atoms with Crippen LogP contribution in [0.1, 0.15) is 22.3 Å². The minimum atomic E-state index is -0.383. The standard InChI is InChI=1S/C18H16FN/c1-13-8-17(19)7-6-14(13)9-18(12-20)10-15-4-2-3-5-16(15)11-18/h2-8H,9-11H2,1H3. The number of benzene rings is 2.